The van der Waals surface area contributed by atoms with Gasteiger partial charge in [0.1, 0.15) is 5.82 Å². The number of nitrogens with one attached hydrogen (secondary N) is 1. The highest BCUT2D eigenvalue weighted by Crippen LogP contribution is 2.25. The smallest absolute Gasteiger partial charge is 0.224 e. The number of benzene rings is 1. The summed E-state index contributed by atoms with van der Waals surface area (Å²) in [6, 6.07) is 4.65. The molecule has 17 heavy (non-hydrogen) atoms. The molecule has 0 saturated carbocycles. The van der Waals surface area contributed by atoms with E-state index in [2.05, 4.69) is 21.2 Å². The maximum absolute atomic E-state index is 13.4. The highest BCUT2D eigenvalue weighted by molar-refractivity contribution is 9.10. The van der Waals surface area contributed by atoms with Crippen LogP contribution in [0, 0.1) is 5.82 Å². The van der Waals surface area contributed by atoms with Crippen LogP contribution in [0.25, 0.3) is 0 Å². The summed E-state index contributed by atoms with van der Waals surface area (Å²) in [6.45, 7) is 1.89. The summed E-state index contributed by atoms with van der Waals surface area (Å²) in [5.74, 6) is -0.642. The van der Waals surface area contributed by atoms with Crippen LogP contribution in [0.2, 0.25) is 0 Å². The number of halogens is 2. The molecular weight excluding hydrogens is 287 g/mol. The highest BCUT2D eigenvalue weighted by atomic mass is 79.9. The van der Waals surface area contributed by atoms with Crippen molar-refractivity contribution in [3.05, 3.63) is 28.5 Å². The molecule has 0 aliphatic rings. The molecule has 0 bridgehead atoms. The van der Waals surface area contributed by atoms with E-state index < -0.39 is 5.82 Å². The molecule has 1 amide bonds. The van der Waals surface area contributed by atoms with Gasteiger partial charge < -0.3 is 11.1 Å². The Bertz CT molecular complexity index is 376. The van der Waals surface area contributed by atoms with E-state index in [1.807, 2.05) is 6.92 Å². The molecule has 0 spiro atoms. The molecule has 1 aromatic rings. The maximum atomic E-state index is 13.4. The van der Waals surface area contributed by atoms with Gasteiger partial charge in [-0.3, -0.25) is 4.79 Å². The minimum Gasteiger partial charge on any atom is -0.328 e. The van der Waals surface area contributed by atoms with Crippen LogP contribution in [-0.2, 0) is 4.79 Å². The van der Waals surface area contributed by atoms with E-state index in [0.717, 1.165) is 6.42 Å². The largest absolute Gasteiger partial charge is 0.328 e. The van der Waals surface area contributed by atoms with E-state index in [-0.39, 0.29) is 17.6 Å². The molecule has 0 aromatic heterocycles. The van der Waals surface area contributed by atoms with E-state index in [0.29, 0.717) is 17.3 Å². The first kappa shape index (κ1) is 14.1. The Kier molecular flexibility index (Phi) is 5.58. The molecule has 0 fully saturated rings. The monoisotopic (exact) mass is 302 g/mol. The standard InChI is InChI=1S/C12H16BrFN2O/c1-8(15)4-2-7-11(17)16-12-9(13)5-3-6-10(12)14/h3,5-6,8H,2,4,7,15H2,1H3,(H,16,17). The molecule has 0 aliphatic heterocycles. The van der Waals surface area contributed by atoms with Gasteiger partial charge >= 0.3 is 0 Å². The Morgan fingerprint density at radius 3 is 2.88 bits per heavy atom. The van der Waals surface area contributed by atoms with Crippen molar-refractivity contribution in [1.29, 1.82) is 0 Å². The lowest BCUT2D eigenvalue weighted by Gasteiger charge is -2.09. The molecule has 3 N–H and O–H groups in total. The third-order valence-corrected chi connectivity index (χ3v) is 2.95. The lowest BCUT2D eigenvalue weighted by atomic mass is 10.1. The van der Waals surface area contributed by atoms with Crippen molar-refractivity contribution in [1.82, 2.24) is 0 Å². The number of carbonyl (C=O) groups is 1. The Hall–Kier alpha value is -0.940. The van der Waals surface area contributed by atoms with E-state index in [9.17, 15) is 9.18 Å². The van der Waals surface area contributed by atoms with E-state index in [1.165, 1.54) is 6.07 Å². The van der Waals surface area contributed by atoms with Gasteiger partial charge in [0, 0.05) is 16.9 Å². The van der Waals surface area contributed by atoms with Gasteiger partial charge in [0.05, 0.1) is 5.69 Å². The molecule has 0 saturated heterocycles. The number of anilines is 1. The predicted molar refractivity (Wildman–Crippen MR) is 70.2 cm³/mol. The molecular formula is C12H16BrFN2O. The molecule has 1 unspecified atom stereocenters. The van der Waals surface area contributed by atoms with Crippen molar-refractivity contribution >= 4 is 27.5 Å². The number of amides is 1. The Morgan fingerprint density at radius 2 is 2.29 bits per heavy atom. The lowest BCUT2D eigenvalue weighted by Crippen LogP contribution is -2.17. The lowest BCUT2D eigenvalue weighted by molar-refractivity contribution is -0.116. The van der Waals surface area contributed by atoms with Gasteiger partial charge in [-0.25, -0.2) is 4.39 Å². The number of nitrogens with two attached hydrogens (primary N) is 1. The van der Waals surface area contributed by atoms with Gasteiger partial charge in [-0.2, -0.15) is 0 Å². The van der Waals surface area contributed by atoms with Gasteiger partial charge in [-0.15, -0.1) is 0 Å². The van der Waals surface area contributed by atoms with Crippen LogP contribution >= 0.6 is 15.9 Å². The minimum absolute atomic E-state index is 0.0861. The van der Waals surface area contributed by atoms with Crippen molar-refractivity contribution in [2.24, 2.45) is 5.73 Å². The van der Waals surface area contributed by atoms with Crippen LogP contribution in [0.15, 0.2) is 22.7 Å². The van der Waals surface area contributed by atoms with Crippen LogP contribution in [0.4, 0.5) is 10.1 Å². The van der Waals surface area contributed by atoms with Crippen molar-refractivity contribution in [2.45, 2.75) is 32.2 Å². The SMILES string of the molecule is CC(N)CCCC(=O)Nc1c(F)cccc1Br. The van der Waals surface area contributed by atoms with Crippen molar-refractivity contribution in [3.8, 4) is 0 Å². The summed E-state index contributed by atoms with van der Waals surface area (Å²) in [4.78, 5) is 11.6. The average Bonchev–Trinajstić information content (AvgIpc) is 2.23. The third kappa shape index (κ3) is 4.83. The van der Waals surface area contributed by atoms with Crippen LogP contribution in [0.1, 0.15) is 26.2 Å². The van der Waals surface area contributed by atoms with Gasteiger partial charge in [0.25, 0.3) is 0 Å². The van der Waals surface area contributed by atoms with Gasteiger partial charge in [-0.05, 0) is 47.8 Å². The summed E-state index contributed by atoms with van der Waals surface area (Å²) in [6.07, 6.45) is 1.84. The van der Waals surface area contributed by atoms with Crippen molar-refractivity contribution in [3.63, 3.8) is 0 Å². The summed E-state index contributed by atoms with van der Waals surface area (Å²) in [5, 5.41) is 2.55. The highest BCUT2D eigenvalue weighted by Gasteiger charge is 2.10. The van der Waals surface area contributed by atoms with E-state index >= 15 is 0 Å². The molecule has 5 heteroatoms. The molecule has 0 heterocycles. The van der Waals surface area contributed by atoms with Gasteiger partial charge in [0.2, 0.25) is 5.91 Å². The Morgan fingerprint density at radius 1 is 1.59 bits per heavy atom. The first-order valence-electron chi connectivity index (χ1n) is 5.50. The topological polar surface area (TPSA) is 55.1 Å². The molecule has 0 aliphatic carbocycles. The second-order valence-electron chi connectivity index (χ2n) is 4.01. The molecule has 1 aromatic carbocycles. The number of carbonyl (C=O) groups excluding carboxylic acids is 1. The summed E-state index contributed by atoms with van der Waals surface area (Å²) in [5.41, 5.74) is 5.77. The summed E-state index contributed by atoms with van der Waals surface area (Å²) in [7, 11) is 0. The fourth-order valence-corrected chi connectivity index (χ4v) is 1.84. The summed E-state index contributed by atoms with van der Waals surface area (Å²) < 4.78 is 13.9. The molecule has 94 valence electrons. The van der Waals surface area contributed by atoms with Crippen LogP contribution < -0.4 is 11.1 Å². The Labute approximate surface area is 109 Å². The fraction of sp³-hybridized carbons (Fsp3) is 0.417. The van der Waals surface area contributed by atoms with E-state index in [4.69, 9.17) is 5.73 Å². The number of hydrogen-bond acceptors (Lipinski definition) is 2. The normalized spacial score (nSPS) is 12.2. The fourth-order valence-electron chi connectivity index (χ4n) is 1.40. The van der Waals surface area contributed by atoms with Gasteiger partial charge in [-0.1, -0.05) is 6.07 Å². The van der Waals surface area contributed by atoms with Crippen LogP contribution in [-0.4, -0.2) is 11.9 Å². The predicted octanol–water partition coefficient (Wildman–Crippen LogP) is 3.04. The van der Waals surface area contributed by atoms with Crippen molar-refractivity contribution < 1.29 is 9.18 Å². The number of hydrogen-bond donors (Lipinski definition) is 2. The molecule has 1 rings (SSSR count). The first-order chi connectivity index (χ1) is 8.00. The molecule has 3 nitrogen and oxygen atoms in total. The Balaban J connectivity index is 2.51. The zero-order chi connectivity index (χ0) is 12.8. The zero-order valence-corrected chi connectivity index (χ0v) is 11.3. The zero-order valence-electron chi connectivity index (χ0n) is 9.67. The second kappa shape index (κ2) is 6.71. The maximum Gasteiger partial charge on any atom is 0.224 e. The second-order valence-corrected chi connectivity index (χ2v) is 4.87. The van der Waals surface area contributed by atoms with Crippen LogP contribution in [0.3, 0.4) is 0 Å². The number of para-hydroxylation sites is 1. The van der Waals surface area contributed by atoms with Crippen molar-refractivity contribution in [2.75, 3.05) is 5.32 Å². The summed E-state index contributed by atoms with van der Waals surface area (Å²) >= 11 is 3.19. The minimum atomic E-state index is -0.445. The number of rotatable bonds is 5. The third-order valence-electron chi connectivity index (χ3n) is 2.29. The van der Waals surface area contributed by atoms with Gasteiger partial charge in [0.15, 0.2) is 0 Å². The molecule has 1 atom stereocenters. The van der Waals surface area contributed by atoms with Crippen LogP contribution in [0.5, 0.6) is 0 Å². The van der Waals surface area contributed by atoms with E-state index in [1.54, 1.807) is 12.1 Å². The average molecular weight is 303 g/mol. The first-order valence-corrected chi connectivity index (χ1v) is 6.29. The molecule has 0 radical (unpaired) electrons. The quantitative estimate of drug-likeness (QED) is 0.878.